The highest BCUT2D eigenvalue weighted by molar-refractivity contribution is 5.66. The molecule has 1 aliphatic rings. The van der Waals surface area contributed by atoms with Crippen LogP contribution in [0.25, 0.3) is 0 Å². The Kier molecular flexibility index (Phi) is 6.09. The lowest BCUT2D eigenvalue weighted by Crippen LogP contribution is -2.40. The Hall–Kier alpha value is -1.96. The molecule has 2 rings (SSSR count). The van der Waals surface area contributed by atoms with Gasteiger partial charge in [0.05, 0.1) is 6.61 Å². The highest BCUT2D eigenvalue weighted by atomic mass is 16.7. The van der Waals surface area contributed by atoms with Crippen molar-refractivity contribution in [3.8, 4) is 0 Å². The van der Waals surface area contributed by atoms with Gasteiger partial charge in [-0.1, -0.05) is 30.3 Å². The maximum absolute atomic E-state index is 11.2. The van der Waals surface area contributed by atoms with E-state index < -0.39 is 36.5 Å². The number of aliphatic hydroxyl groups excluding tert-OH is 1. The van der Waals surface area contributed by atoms with Crippen LogP contribution in [0.5, 0.6) is 0 Å². The SMILES string of the molecule is CC(=O)OC[C@@H]1O[C@@H](O)[C@@H](OC(C)=O)[C@H]1OCc1ccccc1. The lowest BCUT2D eigenvalue weighted by molar-refractivity contribution is -0.172. The molecule has 0 saturated carbocycles. The number of carbonyl (C=O) groups excluding carboxylic acids is 2. The molecule has 7 nitrogen and oxygen atoms in total. The van der Waals surface area contributed by atoms with E-state index in [4.69, 9.17) is 18.9 Å². The molecule has 1 aromatic carbocycles. The molecule has 0 aliphatic carbocycles. The Morgan fingerprint density at radius 2 is 1.83 bits per heavy atom. The van der Waals surface area contributed by atoms with Crippen molar-refractivity contribution in [2.75, 3.05) is 6.61 Å². The third kappa shape index (κ3) is 5.02. The van der Waals surface area contributed by atoms with Crippen LogP contribution in [-0.4, -0.2) is 48.3 Å². The molecule has 0 aromatic heterocycles. The first-order valence-corrected chi connectivity index (χ1v) is 7.27. The maximum Gasteiger partial charge on any atom is 0.303 e. The fourth-order valence-electron chi connectivity index (χ4n) is 2.33. The minimum Gasteiger partial charge on any atom is -0.463 e. The minimum atomic E-state index is -1.33. The summed E-state index contributed by atoms with van der Waals surface area (Å²) >= 11 is 0. The third-order valence-electron chi connectivity index (χ3n) is 3.32. The number of rotatable bonds is 6. The van der Waals surface area contributed by atoms with E-state index in [0.29, 0.717) is 0 Å². The molecule has 4 atom stereocenters. The van der Waals surface area contributed by atoms with E-state index in [0.717, 1.165) is 5.56 Å². The Morgan fingerprint density at radius 1 is 1.13 bits per heavy atom. The van der Waals surface area contributed by atoms with Gasteiger partial charge in [0.1, 0.15) is 18.8 Å². The van der Waals surface area contributed by atoms with E-state index in [2.05, 4.69) is 0 Å². The summed E-state index contributed by atoms with van der Waals surface area (Å²) in [5, 5.41) is 9.92. The summed E-state index contributed by atoms with van der Waals surface area (Å²) in [7, 11) is 0. The standard InChI is InChI=1S/C16H20O7/c1-10(17)20-9-13-14(15(16(19)23-13)22-11(2)18)21-8-12-6-4-3-5-7-12/h3-7,13-16,19H,8-9H2,1-2H3/t13-,14-,15-,16+/m0/s1. The van der Waals surface area contributed by atoms with Crippen LogP contribution < -0.4 is 0 Å². The Labute approximate surface area is 134 Å². The van der Waals surface area contributed by atoms with Crippen molar-refractivity contribution >= 4 is 11.9 Å². The largest absolute Gasteiger partial charge is 0.463 e. The predicted molar refractivity (Wildman–Crippen MR) is 78.1 cm³/mol. The number of carbonyl (C=O) groups is 2. The summed E-state index contributed by atoms with van der Waals surface area (Å²) in [6.07, 6.45) is -3.77. The van der Waals surface area contributed by atoms with Crippen LogP contribution in [0, 0.1) is 0 Å². The molecule has 1 saturated heterocycles. The number of aliphatic hydroxyl groups is 1. The van der Waals surface area contributed by atoms with Crippen LogP contribution in [-0.2, 0) is 35.1 Å². The van der Waals surface area contributed by atoms with Gasteiger partial charge in [0.15, 0.2) is 12.4 Å². The predicted octanol–water partition coefficient (Wildman–Crippen LogP) is 0.784. The van der Waals surface area contributed by atoms with Crippen LogP contribution in [0.15, 0.2) is 30.3 Å². The molecule has 0 unspecified atom stereocenters. The van der Waals surface area contributed by atoms with Crippen molar-refractivity contribution in [2.45, 2.75) is 45.1 Å². The first kappa shape index (κ1) is 17.4. The van der Waals surface area contributed by atoms with E-state index in [-0.39, 0.29) is 13.2 Å². The molecule has 1 fully saturated rings. The zero-order chi connectivity index (χ0) is 16.8. The summed E-state index contributed by atoms with van der Waals surface area (Å²) in [4.78, 5) is 22.2. The molecule has 1 N–H and O–H groups in total. The maximum atomic E-state index is 11.2. The quantitative estimate of drug-likeness (QED) is 0.773. The van der Waals surface area contributed by atoms with Crippen LogP contribution in [0.1, 0.15) is 19.4 Å². The van der Waals surface area contributed by atoms with Crippen LogP contribution in [0.3, 0.4) is 0 Å². The Balaban J connectivity index is 2.05. The lowest BCUT2D eigenvalue weighted by Gasteiger charge is -2.23. The van der Waals surface area contributed by atoms with Crippen molar-refractivity contribution in [3.63, 3.8) is 0 Å². The van der Waals surface area contributed by atoms with E-state index >= 15 is 0 Å². The molecule has 126 valence electrons. The van der Waals surface area contributed by atoms with Crippen LogP contribution in [0.4, 0.5) is 0 Å². The van der Waals surface area contributed by atoms with Gasteiger partial charge in [0.25, 0.3) is 0 Å². The number of esters is 2. The second-order valence-electron chi connectivity index (χ2n) is 5.20. The first-order valence-electron chi connectivity index (χ1n) is 7.27. The minimum absolute atomic E-state index is 0.0936. The summed E-state index contributed by atoms with van der Waals surface area (Å²) in [5.41, 5.74) is 0.918. The molecular formula is C16H20O7. The molecule has 0 spiro atoms. The summed E-state index contributed by atoms with van der Waals surface area (Å²) < 4.78 is 21.1. The molecule has 1 heterocycles. The van der Waals surface area contributed by atoms with Gasteiger partial charge in [0, 0.05) is 13.8 Å². The van der Waals surface area contributed by atoms with Crippen LogP contribution >= 0.6 is 0 Å². The lowest BCUT2D eigenvalue weighted by atomic mass is 10.1. The molecule has 7 heteroatoms. The average molecular weight is 324 g/mol. The molecule has 0 bridgehead atoms. The fourth-order valence-corrected chi connectivity index (χ4v) is 2.33. The van der Waals surface area contributed by atoms with Crippen molar-refractivity contribution in [1.82, 2.24) is 0 Å². The van der Waals surface area contributed by atoms with Crippen molar-refractivity contribution in [3.05, 3.63) is 35.9 Å². The van der Waals surface area contributed by atoms with E-state index in [1.807, 2.05) is 30.3 Å². The van der Waals surface area contributed by atoms with E-state index in [1.165, 1.54) is 13.8 Å². The molecule has 0 amide bonds. The number of ether oxygens (including phenoxy) is 4. The summed E-state index contributed by atoms with van der Waals surface area (Å²) in [6, 6.07) is 9.40. The second kappa shape index (κ2) is 8.05. The van der Waals surface area contributed by atoms with Gasteiger partial charge < -0.3 is 24.1 Å². The Morgan fingerprint density at radius 3 is 2.43 bits per heavy atom. The molecule has 23 heavy (non-hydrogen) atoms. The first-order chi connectivity index (χ1) is 11.0. The molecule has 1 aliphatic heterocycles. The normalized spacial score (nSPS) is 26.7. The zero-order valence-electron chi connectivity index (χ0n) is 13.0. The zero-order valence-corrected chi connectivity index (χ0v) is 13.0. The molecular weight excluding hydrogens is 304 g/mol. The van der Waals surface area contributed by atoms with Gasteiger partial charge >= 0.3 is 11.9 Å². The second-order valence-corrected chi connectivity index (χ2v) is 5.20. The van der Waals surface area contributed by atoms with Gasteiger partial charge in [-0.15, -0.1) is 0 Å². The van der Waals surface area contributed by atoms with E-state index in [1.54, 1.807) is 0 Å². The Bertz CT molecular complexity index is 530. The molecule has 0 radical (unpaired) electrons. The number of hydrogen-bond donors (Lipinski definition) is 1. The van der Waals surface area contributed by atoms with Gasteiger partial charge in [-0.25, -0.2) is 0 Å². The van der Waals surface area contributed by atoms with E-state index in [9.17, 15) is 14.7 Å². The monoisotopic (exact) mass is 324 g/mol. The third-order valence-corrected chi connectivity index (χ3v) is 3.32. The van der Waals surface area contributed by atoms with Crippen LogP contribution in [0.2, 0.25) is 0 Å². The molecule has 1 aromatic rings. The van der Waals surface area contributed by atoms with Gasteiger partial charge in [-0.05, 0) is 5.56 Å². The summed E-state index contributed by atoms with van der Waals surface area (Å²) in [6.45, 7) is 2.66. The van der Waals surface area contributed by atoms with Crippen molar-refractivity contribution in [2.24, 2.45) is 0 Å². The van der Waals surface area contributed by atoms with Crippen molar-refractivity contribution in [1.29, 1.82) is 0 Å². The topological polar surface area (TPSA) is 91.3 Å². The highest BCUT2D eigenvalue weighted by Gasteiger charge is 2.47. The van der Waals surface area contributed by atoms with Crippen molar-refractivity contribution < 1.29 is 33.6 Å². The van der Waals surface area contributed by atoms with Gasteiger partial charge in [-0.3, -0.25) is 9.59 Å². The highest BCUT2D eigenvalue weighted by Crippen LogP contribution is 2.27. The number of benzene rings is 1. The fraction of sp³-hybridized carbons (Fsp3) is 0.500. The average Bonchev–Trinajstić information content (AvgIpc) is 2.79. The summed E-state index contributed by atoms with van der Waals surface area (Å²) in [5.74, 6) is -1.03. The van der Waals surface area contributed by atoms with Gasteiger partial charge in [0.2, 0.25) is 0 Å². The number of hydrogen-bond acceptors (Lipinski definition) is 7. The smallest absolute Gasteiger partial charge is 0.303 e. The van der Waals surface area contributed by atoms with Gasteiger partial charge in [-0.2, -0.15) is 0 Å².